The van der Waals surface area contributed by atoms with Crippen molar-refractivity contribution < 1.29 is 17.9 Å². The van der Waals surface area contributed by atoms with Crippen LogP contribution in [-0.2, 0) is 27.8 Å². The van der Waals surface area contributed by atoms with Crippen molar-refractivity contribution in [2.75, 3.05) is 18.6 Å². The molecule has 1 aliphatic rings. The van der Waals surface area contributed by atoms with Crippen LogP contribution in [0, 0.1) is 0 Å². The molecular weight excluding hydrogens is 424 g/mol. The lowest BCUT2D eigenvalue weighted by Gasteiger charge is -2.27. The van der Waals surface area contributed by atoms with Crippen LogP contribution in [0.3, 0.4) is 0 Å². The second-order valence-electron chi connectivity index (χ2n) is 7.88. The van der Waals surface area contributed by atoms with Crippen LogP contribution < -0.4 is 9.64 Å². The number of ether oxygens (including phenoxy) is 1. The van der Waals surface area contributed by atoms with Gasteiger partial charge in [-0.3, -0.25) is 4.79 Å². The second-order valence-corrected chi connectivity index (χ2v) is 9.82. The zero-order chi connectivity index (χ0) is 22.7. The summed E-state index contributed by atoms with van der Waals surface area (Å²) in [7, 11) is -2.39. The number of hydrogen-bond donors (Lipinski definition) is 0. The molecule has 7 heteroatoms. The van der Waals surface area contributed by atoms with Crippen LogP contribution in [0.15, 0.2) is 83.8 Å². The molecule has 1 heterocycles. The van der Waals surface area contributed by atoms with Gasteiger partial charge in [-0.2, -0.15) is 4.31 Å². The minimum absolute atomic E-state index is 0.0258. The van der Waals surface area contributed by atoms with Gasteiger partial charge in [-0.05, 0) is 54.8 Å². The average molecular weight is 451 g/mol. The molecule has 32 heavy (non-hydrogen) atoms. The fourth-order valence-corrected chi connectivity index (χ4v) is 5.46. The van der Waals surface area contributed by atoms with Gasteiger partial charge in [0.1, 0.15) is 5.75 Å². The first-order chi connectivity index (χ1) is 15.4. The standard InChI is InChI=1S/C25H26N2O4S/c1-19-16-21-10-6-7-11-24(21)27(19)25(28)18-26(17-20-8-4-3-5-9-20)32(29,30)23-14-12-22(31-2)13-15-23/h3-15,19H,16-18H2,1-2H3/t19-/m1/s1. The molecule has 0 N–H and O–H groups in total. The molecule has 1 aliphatic heterocycles. The van der Waals surface area contributed by atoms with E-state index in [4.69, 9.17) is 4.74 Å². The van der Waals surface area contributed by atoms with Crippen molar-refractivity contribution in [3.05, 3.63) is 90.0 Å². The highest BCUT2D eigenvalue weighted by molar-refractivity contribution is 7.89. The van der Waals surface area contributed by atoms with E-state index in [1.54, 1.807) is 17.0 Å². The van der Waals surface area contributed by atoms with Crippen molar-refractivity contribution in [3.63, 3.8) is 0 Å². The molecule has 0 radical (unpaired) electrons. The predicted octanol–water partition coefficient (Wildman–Crippen LogP) is 3.86. The van der Waals surface area contributed by atoms with Crippen molar-refractivity contribution in [2.45, 2.75) is 30.8 Å². The van der Waals surface area contributed by atoms with E-state index < -0.39 is 10.0 Å². The lowest BCUT2D eigenvalue weighted by Crippen LogP contribution is -2.44. The van der Waals surface area contributed by atoms with Crippen LogP contribution in [0.5, 0.6) is 5.75 Å². The Bertz CT molecular complexity index is 1190. The Balaban J connectivity index is 1.66. The summed E-state index contributed by atoms with van der Waals surface area (Å²) in [5.41, 5.74) is 2.76. The number of para-hydroxylation sites is 1. The van der Waals surface area contributed by atoms with Crippen LogP contribution in [-0.4, -0.2) is 38.3 Å². The Morgan fingerprint density at radius 3 is 2.34 bits per heavy atom. The SMILES string of the molecule is COc1ccc(S(=O)(=O)N(CC(=O)N2c3ccccc3C[C@H]2C)Cc2ccccc2)cc1. The molecule has 0 unspecified atom stereocenters. The van der Waals surface area contributed by atoms with Gasteiger partial charge in [-0.15, -0.1) is 0 Å². The molecule has 4 rings (SSSR count). The number of anilines is 1. The maximum atomic E-state index is 13.5. The van der Waals surface area contributed by atoms with E-state index in [9.17, 15) is 13.2 Å². The van der Waals surface area contributed by atoms with Crippen molar-refractivity contribution in [1.82, 2.24) is 4.31 Å². The predicted molar refractivity (Wildman–Crippen MR) is 124 cm³/mol. The maximum absolute atomic E-state index is 13.5. The van der Waals surface area contributed by atoms with Gasteiger partial charge in [0.15, 0.2) is 0 Å². The summed E-state index contributed by atoms with van der Waals surface area (Å²) >= 11 is 0. The van der Waals surface area contributed by atoms with Gasteiger partial charge in [-0.1, -0.05) is 48.5 Å². The van der Waals surface area contributed by atoms with Crippen LogP contribution in [0.25, 0.3) is 0 Å². The van der Waals surface area contributed by atoms with Crippen molar-refractivity contribution in [3.8, 4) is 5.75 Å². The topological polar surface area (TPSA) is 66.9 Å². The molecule has 1 atom stereocenters. The van der Waals surface area contributed by atoms with E-state index >= 15 is 0 Å². The number of rotatable bonds is 7. The third-order valence-electron chi connectivity index (χ3n) is 5.69. The first-order valence-electron chi connectivity index (χ1n) is 10.5. The second kappa shape index (κ2) is 9.14. The normalized spacial score (nSPS) is 15.6. The van der Waals surface area contributed by atoms with Gasteiger partial charge >= 0.3 is 0 Å². The van der Waals surface area contributed by atoms with E-state index in [2.05, 4.69) is 0 Å². The zero-order valence-corrected chi connectivity index (χ0v) is 19.0. The number of benzene rings is 3. The minimum Gasteiger partial charge on any atom is -0.497 e. The van der Waals surface area contributed by atoms with Gasteiger partial charge in [0.25, 0.3) is 0 Å². The Labute approximate surface area is 189 Å². The molecule has 0 aliphatic carbocycles. The Morgan fingerprint density at radius 1 is 1.00 bits per heavy atom. The van der Waals surface area contributed by atoms with E-state index in [0.717, 1.165) is 23.2 Å². The number of carbonyl (C=O) groups is 1. The summed E-state index contributed by atoms with van der Waals surface area (Å²) in [6.45, 7) is 1.84. The van der Waals surface area contributed by atoms with Gasteiger partial charge < -0.3 is 9.64 Å². The molecule has 166 valence electrons. The van der Waals surface area contributed by atoms with Crippen LogP contribution in [0.4, 0.5) is 5.69 Å². The number of carbonyl (C=O) groups excluding carboxylic acids is 1. The number of fused-ring (bicyclic) bond motifs is 1. The Kier molecular flexibility index (Phi) is 6.30. The minimum atomic E-state index is -3.91. The van der Waals surface area contributed by atoms with Gasteiger partial charge in [0.05, 0.1) is 18.6 Å². The molecule has 6 nitrogen and oxygen atoms in total. The molecule has 0 fully saturated rings. The van der Waals surface area contributed by atoms with Crippen molar-refractivity contribution in [1.29, 1.82) is 0 Å². The number of hydrogen-bond acceptors (Lipinski definition) is 4. The number of sulfonamides is 1. The van der Waals surface area contributed by atoms with Crippen molar-refractivity contribution >= 4 is 21.6 Å². The smallest absolute Gasteiger partial charge is 0.243 e. The first kappa shape index (κ1) is 22.0. The Morgan fingerprint density at radius 2 is 1.66 bits per heavy atom. The number of methoxy groups -OCH3 is 1. The first-order valence-corrected chi connectivity index (χ1v) is 11.9. The van der Waals surface area contributed by atoms with Gasteiger partial charge in [-0.25, -0.2) is 8.42 Å². The van der Waals surface area contributed by atoms with E-state index in [0.29, 0.717) is 5.75 Å². The summed E-state index contributed by atoms with van der Waals surface area (Å²) in [6, 6.07) is 23.3. The fourth-order valence-electron chi connectivity index (χ4n) is 4.08. The molecule has 0 saturated heterocycles. The summed E-state index contributed by atoms with van der Waals surface area (Å²) in [5.74, 6) is 0.326. The number of nitrogens with zero attached hydrogens (tertiary/aromatic N) is 2. The van der Waals surface area contributed by atoms with Crippen LogP contribution in [0.1, 0.15) is 18.1 Å². The monoisotopic (exact) mass is 450 g/mol. The van der Waals surface area contributed by atoms with E-state index in [1.807, 2.05) is 61.5 Å². The largest absolute Gasteiger partial charge is 0.497 e. The highest BCUT2D eigenvalue weighted by Gasteiger charge is 2.34. The lowest BCUT2D eigenvalue weighted by atomic mass is 10.1. The highest BCUT2D eigenvalue weighted by Crippen LogP contribution is 2.32. The molecule has 3 aromatic carbocycles. The Hall–Kier alpha value is -3.16. The molecular formula is C25H26N2O4S. The molecule has 0 saturated carbocycles. The molecule has 0 spiro atoms. The van der Waals surface area contributed by atoms with Crippen molar-refractivity contribution in [2.24, 2.45) is 0 Å². The van der Waals surface area contributed by atoms with Crippen LogP contribution in [0.2, 0.25) is 0 Å². The summed E-state index contributed by atoms with van der Waals surface area (Å²) in [6.07, 6.45) is 0.756. The highest BCUT2D eigenvalue weighted by atomic mass is 32.2. The quantitative estimate of drug-likeness (QED) is 0.548. The van der Waals surface area contributed by atoms with E-state index in [1.165, 1.54) is 23.5 Å². The zero-order valence-electron chi connectivity index (χ0n) is 18.1. The average Bonchev–Trinajstić information content (AvgIpc) is 3.15. The molecule has 0 bridgehead atoms. The van der Waals surface area contributed by atoms with Gasteiger partial charge in [0.2, 0.25) is 15.9 Å². The third-order valence-corrected chi connectivity index (χ3v) is 7.49. The van der Waals surface area contributed by atoms with E-state index in [-0.39, 0.29) is 29.9 Å². The lowest BCUT2D eigenvalue weighted by molar-refractivity contribution is -0.119. The molecule has 3 aromatic rings. The molecule has 0 aromatic heterocycles. The third kappa shape index (κ3) is 4.40. The maximum Gasteiger partial charge on any atom is 0.243 e. The summed E-state index contributed by atoms with van der Waals surface area (Å²) in [5, 5.41) is 0. The molecule has 1 amide bonds. The van der Waals surface area contributed by atoms with Gasteiger partial charge in [0, 0.05) is 18.3 Å². The number of amides is 1. The fraction of sp³-hybridized carbons (Fsp3) is 0.240. The summed E-state index contributed by atoms with van der Waals surface area (Å²) in [4.78, 5) is 15.2. The van der Waals surface area contributed by atoms with Crippen LogP contribution >= 0.6 is 0 Å². The summed E-state index contributed by atoms with van der Waals surface area (Å²) < 4.78 is 33.5.